The Morgan fingerprint density at radius 2 is 1.47 bits per heavy atom. The molecule has 0 heterocycles. The van der Waals surface area contributed by atoms with Gasteiger partial charge in [0.25, 0.3) is 0 Å². The zero-order valence-electron chi connectivity index (χ0n) is 9.81. The summed E-state index contributed by atoms with van der Waals surface area (Å²) in [6.07, 6.45) is 0. The molecule has 0 amide bonds. The minimum absolute atomic E-state index is 0.148. The zero-order valence-corrected chi connectivity index (χ0v) is 12.0. The van der Waals surface area contributed by atoms with E-state index in [0.29, 0.717) is 0 Å². The van der Waals surface area contributed by atoms with E-state index in [1.807, 2.05) is 24.3 Å². The fraction of sp³-hybridized carbons (Fsp3) is 0.143. The van der Waals surface area contributed by atoms with Crippen molar-refractivity contribution in [2.75, 3.05) is 14.2 Å². The lowest BCUT2D eigenvalue weighted by Crippen LogP contribution is -3.61. The maximum absolute atomic E-state index is 5.23. The van der Waals surface area contributed by atoms with Crippen LogP contribution >= 0.6 is 0 Å². The van der Waals surface area contributed by atoms with Gasteiger partial charge in [-0.05, 0) is 36.4 Å². The van der Waals surface area contributed by atoms with Gasteiger partial charge >= 0.3 is 21.2 Å². The molecule has 0 radical (unpaired) electrons. The van der Waals surface area contributed by atoms with Crippen molar-refractivity contribution in [3.05, 3.63) is 55.7 Å². The van der Waals surface area contributed by atoms with Gasteiger partial charge in [-0.15, -0.1) is 0 Å². The van der Waals surface area contributed by atoms with Crippen LogP contribution in [0.25, 0.3) is 0 Å². The van der Waals surface area contributed by atoms with E-state index in [0.717, 1.165) is 11.5 Å². The van der Waals surface area contributed by atoms with E-state index in [4.69, 9.17) is 9.47 Å². The SMILES string of the molecule is COc1ccc([I+]c2cccc(OC)c2)cc1. The molecule has 0 bridgehead atoms. The Bertz CT molecular complexity index is 480. The number of hydrogen-bond donors (Lipinski definition) is 0. The highest BCUT2D eigenvalue weighted by Gasteiger charge is 2.15. The largest absolute Gasteiger partial charge is 0.497 e. The molecule has 0 aromatic heterocycles. The lowest BCUT2D eigenvalue weighted by molar-refractivity contribution is -0.597. The van der Waals surface area contributed by atoms with Crippen molar-refractivity contribution in [1.82, 2.24) is 0 Å². The molecule has 0 spiro atoms. The van der Waals surface area contributed by atoms with Crippen LogP contribution in [0, 0.1) is 7.14 Å². The van der Waals surface area contributed by atoms with Crippen molar-refractivity contribution in [3.8, 4) is 11.5 Å². The highest BCUT2D eigenvalue weighted by Crippen LogP contribution is 2.07. The van der Waals surface area contributed by atoms with E-state index in [9.17, 15) is 0 Å². The summed E-state index contributed by atoms with van der Waals surface area (Å²) in [5.41, 5.74) is 0. The highest BCUT2D eigenvalue weighted by atomic mass is 127. The van der Waals surface area contributed by atoms with Crippen molar-refractivity contribution >= 4 is 0 Å². The quantitative estimate of drug-likeness (QED) is 0.720. The lowest BCUT2D eigenvalue weighted by Gasteiger charge is -1.97. The predicted octanol–water partition coefficient (Wildman–Crippen LogP) is -0.168. The molecule has 0 unspecified atom stereocenters. The van der Waals surface area contributed by atoms with Crippen LogP contribution in [0.1, 0.15) is 0 Å². The summed E-state index contributed by atoms with van der Waals surface area (Å²) in [6, 6.07) is 16.6. The summed E-state index contributed by atoms with van der Waals surface area (Å²) in [5, 5.41) is 0. The predicted molar refractivity (Wildman–Crippen MR) is 63.4 cm³/mol. The first kappa shape index (κ1) is 12.2. The van der Waals surface area contributed by atoms with E-state index >= 15 is 0 Å². The molecule has 2 rings (SSSR count). The van der Waals surface area contributed by atoms with E-state index in [-0.39, 0.29) is 21.2 Å². The van der Waals surface area contributed by atoms with Crippen molar-refractivity contribution in [1.29, 1.82) is 0 Å². The van der Waals surface area contributed by atoms with Crippen LogP contribution in [0.2, 0.25) is 0 Å². The van der Waals surface area contributed by atoms with E-state index in [1.165, 1.54) is 7.14 Å². The van der Waals surface area contributed by atoms with Gasteiger partial charge in [0.1, 0.15) is 11.5 Å². The first-order valence-corrected chi connectivity index (χ1v) is 7.40. The van der Waals surface area contributed by atoms with Gasteiger partial charge in [-0.1, -0.05) is 6.07 Å². The molecule has 0 saturated carbocycles. The number of halogens is 1. The van der Waals surface area contributed by atoms with E-state index in [2.05, 4.69) is 24.3 Å². The molecule has 2 nitrogen and oxygen atoms in total. The average Bonchev–Trinajstić information content (AvgIpc) is 2.40. The van der Waals surface area contributed by atoms with Crippen LogP contribution in [0.4, 0.5) is 0 Å². The van der Waals surface area contributed by atoms with Crippen molar-refractivity contribution < 1.29 is 30.7 Å². The fourth-order valence-electron chi connectivity index (χ4n) is 1.41. The minimum atomic E-state index is -0.148. The second-order valence-corrected chi connectivity index (χ2v) is 6.44. The molecular weight excluding hydrogens is 327 g/mol. The van der Waals surface area contributed by atoms with Crippen LogP contribution in [0.3, 0.4) is 0 Å². The molecule has 2 aromatic carbocycles. The number of rotatable bonds is 4. The zero-order chi connectivity index (χ0) is 12.1. The average molecular weight is 341 g/mol. The van der Waals surface area contributed by atoms with Crippen molar-refractivity contribution in [3.63, 3.8) is 0 Å². The summed E-state index contributed by atoms with van der Waals surface area (Å²) in [5.74, 6) is 1.83. The van der Waals surface area contributed by atoms with Crippen LogP contribution < -0.4 is 30.7 Å². The summed E-state index contributed by atoms with van der Waals surface area (Å²) in [6.45, 7) is 0. The van der Waals surface area contributed by atoms with E-state index < -0.39 is 0 Å². The van der Waals surface area contributed by atoms with Crippen LogP contribution in [0.5, 0.6) is 11.5 Å². The molecule has 0 aliphatic heterocycles. The molecule has 0 fully saturated rings. The summed E-state index contributed by atoms with van der Waals surface area (Å²) in [7, 11) is 3.39. The molecule has 0 atom stereocenters. The van der Waals surface area contributed by atoms with Gasteiger partial charge in [-0.25, -0.2) is 0 Å². The number of benzene rings is 2. The summed E-state index contributed by atoms with van der Waals surface area (Å²) < 4.78 is 13.1. The maximum Gasteiger partial charge on any atom is 0.358 e. The Labute approximate surface area is 112 Å². The van der Waals surface area contributed by atoms with Gasteiger partial charge in [0.2, 0.25) is 0 Å². The monoisotopic (exact) mass is 341 g/mol. The van der Waals surface area contributed by atoms with Crippen LogP contribution in [-0.2, 0) is 0 Å². The van der Waals surface area contributed by atoms with Gasteiger partial charge in [-0.2, -0.15) is 0 Å². The van der Waals surface area contributed by atoms with Gasteiger partial charge in [0, 0.05) is 6.07 Å². The Kier molecular flexibility index (Phi) is 4.25. The summed E-state index contributed by atoms with van der Waals surface area (Å²) >= 11 is -0.148. The van der Waals surface area contributed by atoms with Crippen molar-refractivity contribution in [2.24, 2.45) is 0 Å². The third kappa shape index (κ3) is 3.36. The van der Waals surface area contributed by atoms with Gasteiger partial charge in [-0.3, -0.25) is 0 Å². The minimum Gasteiger partial charge on any atom is -0.497 e. The van der Waals surface area contributed by atoms with Crippen molar-refractivity contribution in [2.45, 2.75) is 0 Å². The fourth-order valence-corrected chi connectivity index (χ4v) is 3.70. The number of ether oxygens (including phenoxy) is 2. The molecule has 17 heavy (non-hydrogen) atoms. The Morgan fingerprint density at radius 3 is 2.12 bits per heavy atom. The molecule has 88 valence electrons. The molecule has 3 heteroatoms. The molecule has 0 aliphatic rings. The first-order valence-electron chi connectivity index (χ1n) is 5.25. The Hall–Kier alpha value is -1.23. The topological polar surface area (TPSA) is 18.5 Å². The maximum atomic E-state index is 5.23. The molecule has 0 aliphatic carbocycles. The van der Waals surface area contributed by atoms with E-state index in [1.54, 1.807) is 14.2 Å². The first-order chi connectivity index (χ1) is 8.31. The smallest absolute Gasteiger partial charge is 0.358 e. The van der Waals surface area contributed by atoms with Gasteiger partial charge < -0.3 is 9.47 Å². The van der Waals surface area contributed by atoms with Crippen LogP contribution in [-0.4, -0.2) is 14.2 Å². The molecule has 0 N–H and O–H groups in total. The third-order valence-corrected chi connectivity index (χ3v) is 4.94. The van der Waals surface area contributed by atoms with Gasteiger partial charge in [0.15, 0.2) is 7.14 Å². The molecular formula is C14H14IO2+. The second kappa shape index (κ2) is 5.91. The van der Waals surface area contributed by atoms with Gasteiger partial charge in [0.05, 0.1) is 14.2 Å². The second-order valence-electron chi connectivity index (χ2n) is 3.41. The normalized spacial score (nSPS) is 10.0. The molecule has 0 saturated heterocycles. The summed E-state index contributed by atoms with van der Waals surface area (Å²) in [4.78, 5) is 0. The third-order valence-electron chi connectivity index (χ3n) is 2.30. The highest BCUT2D eigenvalue weighted by molar-refractivity contribution is 5.22. The standard InChI is InChI=1S/C14H14IO2/c1-16-13-8-6-11(7-9-13)15-12-4-3-5-14(10-12)17-2/h3-10H,1-2H3/q+1. The molecule has 2 aromatic rings. The Balaban J connectivity index is 2.13. The number of hydrogen-bond acceptors (Lipinski definition) is 2. The number of methoxy groups -OCH3 is 2. The lowest BCUT2D eigenvalue weighted by atomic mass is 10.3. The Morgan fingerprint density at radius 1 is 0.765 bits per heavy atom. The van der Waals surface area contributed by atoms with Crippen LogP contribution in [0.15, 0.2) is 48.5 Å².